The molecule has 124 valence electrons. The summed E-state index contributed by atoms with van der Waals surface area (Å²) in [5.74, 6) is 0. The Labute approximate surface area is 146 Å². The van der Waals surface area contributed by atoms with Crippen molar-refractivity contribution in [1.82, 2.24) is 8.96 Å². The third kappa shape index (κ3) is 3.11. The van der Waals surface area contributed by atoms with E-state index in [0.717, 1.165) is 15.1 Å². The molecule has 7 heteroatoms. The molecule has 0 spiro atoms. The largest absolute Gasteiger partial charge is 0.298 e. The van der Waals surface area contributed by atoms with Crippen molar-refractivity contribution in [2.75, 3.05) is 0 Å². The molecule has 24 heavy (non-hydrogen) atoms. The molecule has 1 aromatic carbocycles. The van der Waals surface area contributed by atoms with Crippen LogP contribution in [0, 0.1) is 6.92 Å². The van der Waals surface area contributed by atoms with Crippen LogP contribution in [0.1, 0.15) is 15.9 Å². The second-order valence-corrected chi connectivity index (χ2v) is 6.90. The molecule has 3 rings (SSSR count). The summed E-state index contributed by atoms with van der Waals surface area (Å²) < 4.78 is 26.9. The molecule has 0 atom stereocenters. The van der Waals surface area contributed by atoms with Gasteiger partial charge in [0.15, 0.2) is 6.29 Å². The molecule has 0 aliphatic carbocycles. The molecule has 2 heterocycles. The van der Waals surface area contributed by atoms with Crippen molar-refractivity contribution in [1.29, 1.82) is 0 Å². The highest BCUT2D eigenvalue weighted by atomic mass is 35.5. The van der Waals surface area contributed by atoms with E-state index in [1.165, 1.54) is 24.7 Å². The van der Waals surface area contributed by atoms with Crippen molar-refractivity contribution >= 4 is 28.7 Å². The van der Waals surface area contributed by atoms with Crippen LogP contribution in [0.15, 0.2) is 66.0 Å². The van der Waals surface area contributed by atoms with Gasteiger partial charge in [0.1, 0.15) is 4.90 Å². The summed E-state index contributed by atoms with van der Waals surface area (Å²) in [6.45, 7) is 1.89. The summed E-state index contributed by atoms with van der Waals surface area (Å²) in [6.07, 6.45) is 4.76. The van der Waals surface area contributed by atoms with Crippen LogP contribution in [0.2, 0.25) is 0 Å². The van der Waals surface area contributed by atoms with Gasteiger partial charge >= 0.3 is 0 Å². The highest BCUT2D eigenvalue weighted by Gasteiger charge is 2.22. The van der Waals surface area contributed by atoms with Gasteiger partial charge in [0, 0.05) is 29.7 Å². The van der Waals surface area contributed by atoms with E-state index in [-0.39, 0.29) is 17.3 Å². The van der Waals surface area contributed by atoms with Crippen LogP contribution >= 0.6 is 12.4 Å². The molecule has 2 aromatic heterocycles. The quantitative estimate of drug-likeness (QED) is 0.667. The van der Waals surface area contributed by atoms with Gasteiger partial charge in [0.05, 0.1) is 5.69 Å². The van der Waals surface area contributed by atoms with Gasteiger partial charge in [0.2, 0.25) is 0 Å². The SMILES string of the molecule is Cc1ccccc1-c1cc(C=O)cn1S(=O)(=O)c1cccnc1.Cl. The number of hydrogen-bond donors (Lipinski definition) is 0. The summed E-state index contributed by atoms with van der Waals surface area (Å²) >= 11 is 0. The van der Waals surface area contributed by atoms with Crippen molar-refractivity contribution in [3.8, 4) is 11.3 Å². The van der Waals surface area contributed by atoms with Crippen molar-refractivity contribution < 1.29 is 13.2 Å². The number of aryl methyl sites for hydroxylation is 1. The molecule has 0 amide bonds. The van der Waals surface area contributed by atoms with Crippen molar-refractivity contribution in [2.24, 2.45) is 0 Å². The van der Waals surface area contributed by atoms with Crippen LogP contribution in [0.5, 0.6) is 0 Å². The summed E-state index contributed by atoms with van der Waals surface area (Å²) in [6, 6.07) is 12.0. The molecule has 0 unspecified atom stereocenters. The molecule has 0 bridgehead atoms. The Morgan fingerprint density at radius 1 is 1.12 bits per heavy atom. The predicted molar refractivity (Wildman–Crippen MR) is 94.1 cm³/mol. The number of halogens is 1. The van der Waals surface area contributed by atoms with Crippen molar-refractivity contribution in [2.45, 2.75) is 11.8 Å². The summed E-state index contributed by atoms with van der Waals surface area (Å²) in [5.41, 5.74) is 2.43. The Kier molecular flexibility index (Phi) is 5.21. The molecular weight excluding hydrogens is 348 g/mol. The van der Waals surface area contributed by atoms with Crippen molar-refractivity contribution in [3.05, 3.63) is 72.2 Å². The molecule has 0 N–H and O–H groups in total. The lowest BCUT2D eigenvalue weighted by atomic mass is 10.1. The first-order valence-electron chi connectivity index (χ1n) is 6.93. The zero-order chi connectivity index (χ0) is 16.4. The highest BCUT2D eigenvalue weighted by Crippen LogP contribution is 2.28. The lowest BCUT2D eigenvalue weighted by molar-refractivity contribution is 0.112. The maximum absolute atomic E-state index is 12.9. The Balaban J connectivity index is 0.00000208. The monoisotopic (exact) mass is 362 g/mol. The van der Waals surface area contributed by atoms with Gasteiger partial charge in [-0.15, -0.1) is 12.4 Å². The van der Waals surface area contributed by atoms with Crippen LogP contribution in [0.3, 0.4) is 0 Å². The highest BCUT2D eigenvalue weighted by molar-refractivity contribution is 7.90. The molecule has 5 nitrogen and oxygen atoms in total. The molecule has 0 saturated carbocycles. The van der Waals surface area contributed by atoms with Crippen LogP contribution in [0.4, 0.5) is 0 Å². The van der Waals surface area contributed by atoms with Crippen molar-refractivity contribution in [3.63, 3.8) is 0 Å². The third-order valence-corrected chi connectivity index (χ3v) is 5.21. The number of benzene rings is 1. The first-order valence-corrected chi connectivity index (χ1v) is 8.37. The fourth-order valence-corrected chi connectivity index (χ4v) is 3.74. The zero-order valence-electron chi connectivity index (χ0n) is 12.8. The summed E-state index contributed by atoms with van der Waals surface area (Å²) in [7, 11) is -3.83. The third-order valence-electron chi connectivity index (χ3n) is 3.56. The number of carbonyl (C=O) groups is 1. The average molecular weight is 363 g/mol. The van der Waals surface area contributed by atoms with Gasteiger partial charge in [-0.1, -0.05) is 24.3 Å². The standard InChI is InChI=1S/C17H14N2O3S.ClH/c1-13-5-2-3-7-16(13)17-9-14(12-20)11-19(17)23(21,22)15-6-4-8-18-10-15;/h2-12H,1H3;1H. The Hall–Kier alpha value is -2.44. The van der Waals surface area contributed by atoms with E-state index in [1.807, 2.05) is 31.2 Å². The zero-order valence-corrected chi connectivity index (χ0v) is 14.4. The number of nitrogens with zero attached hydrogens (tertiary/aromatic N) is 2. The van der Waals surface area contributed by atoms with E-state index < -0.39 is 10.0 Å². The van der Waals surface area contributed by atoms with Crippen LogP contribution in [0.25, 0.3) is 11.3 Å². The molecule has 0 saturated heterocycles. The molecular formula is C17H15ClN2O3S. The van der Waals surface area contributed by atoms with E-state index in [2.05, 4.69) is 4.98 Å². The lowest BCUT2D eigenvalue weighted by Gasteiger charge is -2.12. The normalized spacial score (nSPS) is 10.9. The van der Waals surface area contributed by atoms with E-state index in [0.29, 0.717) is 17.5 Å². The minimum atomic E-state index is -3.83. The fraction of sp³-hybridized carbons (Fsp3) is 0.0588. The molecule has 0 radical (unpaired) electrons. The van der Waals surface area contributed by atoms with Gasteiger partial charge in [-0.05, 0) is 30.7 Å². The Bertz CT molecular complexity index is 967. The van der Waals surface area contributed by atoms with Gasteiger partial charge in [-0.3, -0.25) is 9.78 Å². The van der Waals surface area contributed by atoms with E-state index in [1.54, 1.807) is 12.1 Å². The average Bonchev–Trinajstić information content (AvgIpc) is 3.01. The first kappa shape index (κ1) is 17.9. The molecule has 0 fully saturated rings. The molecule has 0 aliphatic rings. The topological polar surface area (TPSA) is 69.0 Å². The minimum Gasteiger partial charge on any atom is -0.298 e. The smallest absolute Gasteiger partial charge is 0.269 e. The minimum absolute atomic E-state index is 0. The Morgan fingerprint density at radius 3 is 2.50 bits per heavy atom. The summed E-state index contributed by atoms with van der Waals surface area (Å²) in [5, 5.41) is 0. The van der Waals surface area contributed by atoms with Crippen LogP contribution < -0.4 is 0 Å². The fourth-order valence-electron chi connectivity index (χ4n) is 2.40. The van der Waals surface area contributed by atoms with Crippen LogP contribution in [-0.2, 0) is 10.0 Å². The number of hydrogen-bond acceptors (Lipinski definition) is 4. The predicted octanol–water partition coefficient (Wildman–Crippen LogP) is 3.33. The maximum Gasteiger partial charge on any atom is 0.269 e. The van der Waals surface area contributed by atoms with Gasteiger partial charge in [-0.25, -0.2) is 12.4 Å². The Morgan fingerprint density at radius 2 is 1.88 bits per heavy atom. The number of carbonyl (C=O) groups excluding carboxylic acids is 1. The number of rotatable bonds is 4. The number of aromatic nitrogens is 2. The second-order valence-electron chi connectivity index (χ2n) is 5.08. The van der Waals surface area contributed by atoms with Crippen LogP contribution in [-0.4, -0.2) is 23.7 Å². The van der Waals surface area contributed by atoms with Gasteiger partial charge in [-0.2, -0.15) is 0 Å². The van der Waals surface area contributed by atoms with E-state index in [9.17, 15) is 13.2 Å². The number of pyridine rings is 1. The molecule has 3 aromatic rings. The molecule has 0 aliphatic heterocycles. The lowest BCUT2D eigenvalue weighted by Crippen LogP contribution is -2.13. The summed E-state index contributed by atoms with van der Waals surface area (Å²) in [4.78, 5) is 15.1. The van der Waals surface area contributed by atoms with Gasteiger partial charge < -0.3 is 0 Å². The van der Waals surface area contributed by atoms with Gasteiger partial charge in [0.25, 0.3) is 10.0 Å². The number of aldehydes is 1. The second kappa shape index (κ2) is 6.98. The van der Waals surface area contributed by atoms with E-state index >= 15 is 0 Å². The first-order chi connectivity index (χ1) is 11.0. The van der Waals surface area contributed by atoms with E-state index in [4.69, 9.17) is 0 Å². The maximum atomic E-state index is 12.9.